The summed E-state index contributed by atoms with van der Waals surface area (Å²) in [5, 5.41) is 0. The van der Waals surface area contributed by atoms with Crippen LogP contribution in [-0.4, -0.2) is 36.3 Å². The molecule has 0 amide bonds. The minimum Gasteiger partial charge on any atom is -0.381 e. The van der Waals surface area contributed by atoms with E-state index >= 15 is 0 Å². The maximum atomic E-state index is 5.30. The largest absolute Gasteiger partial charge is 0.381 e. The van der Waals surface area contributed by atoms with E-state index in [1.54, 1.807) is 19.4 Å². The highest BCUT2D eigenvalue weighted by Crippen LogP contribution is 2.16. The Kier molecular flexibility index (Phi) is 2.93. The van der Waals surface area contributed by atoms with Gasteiger partial charge in [0.2, 0.25) is 5.95 Å². The number of ether oxygens (including phenoxy) is 1. The molecule has 1 aromatic rings. The van der Waals surface area contributed by atoms with Crippen molar-refractivity contribution < 1.29 is 4.74 Å². The van der Waals surface area contributed by atoms with Gasteiger partial charge in [-0.05, 0) is 18.9 Å². The molecule has 0 atom stereocenters. The van der Waals surface area contributed by atoms with Crippen LogP contribution in [0.25, 0.3) is 0 Å². The summed E-state index contributed by atoms with van der Waals surface area (Å²) in [7, 11) is 1.77. The summed E-state index contributed by atoms with van der Waals surface area (Å²) in [6.07, 6.45) is 7.03. The monoisotopic (exact) mass is 192 g/mol. The van der Waals surface area contributed by atoms with Crippen LogP contribution < -0.4 is 4.90 Å². The smallest absolute Gasteiger partial charge is 0.225 e. The van der Waals surface area contributed by atoms with Crippen LogP contribution in [0.3, 0.4) is 0 Å². The number of hydrogen-bond acceptors (Lipinski definition) is 4. The second kappa shape index (κ2) is 4.37. The maximum absolute atomic E-state index is 5.30. The van der Waals surface area contributed by atoms with Crippen molar-refractivity contribution in [2.24, 2.45) is 0 Å². The lowest BCUT2D eigenvalue weighted by atomic mass is 10.1. The molecule has 75 valence electrons. The molecule has 0 unspecified atom stereocenters. The average molecular weight is 192 g/mol. The molecule has 0 bridgehead atoms. The SMILES string of the molecule is COC1CCN(c2n[c]ccn2)CC1. The topological polar surface area (TPSA) is 38.2 Å². The number of hydrogen-bond donors (Lipinski definition) is 0. The number of aromatic nitrogens is 2. The molecule has 1 aliphatic rings. The van der Waals surface area contributed by atoms with Crippen LogP contribution in [-0.2, 0) is 4.74 Å². The lowest BCUT2D eigenvalue weighted by Crippen LogP contribution is -2.37. The van der Waals surface area contributed by atoms with E-state index in [9.17, 15) is 0 Å². The Morgan fingerprint density at radius 2 is 2.29 bits per heavy atom. The predicted octanol–water partition coefficient (Wildman–Crippen LogP) is 0.892. The zero-order valence-corrected chi connectivity index (χ0v) is 8.31. The molecule has 1 aromatic heterocycles. The van der Waals surface area contributed by atoms with Crippen LogP contribution in [0, 0.1) is 6.20 Å². The molecule has 0 aliphatic carbocycles. The molecule has 14 heavy (non-hydrogen) atoms. The Hall–Kier alpha value is -1.16. The molecule has 0 saturated carbocycles. The van der Waals surface area contributed by atoms with Crippen LogP contribution in [0.1, 0.15) is 12.8 Å². The third-order valence-electron chi connectivity index (χ3n) is 2.56. The maximum Gasteiger partial charge on any atom is 0.225 e. The number of methoxy groups -OCH3 is 1. The molecule has 1 fully saturated rings. The number of piperidine rings is 1. The van der Waals surface area contributed by atoms with Crippen molar-refractivity contribution >= 4 is 5.95 Å². The molecule has 2 rings (SSSR count). The number of rotatable bonds is 2. The summed E-state index contributed by atoms with van der Waals surface area (Å²) in [6.45, 7) is 1.94. The van der Waals surface area contributed by atoms with Crippen LogP contribution in [0.4, 0.5) is 5.95 Å². The van der Waals surface area contributed by atoms with E-state index < -0.39 is 0 Å². The summed E-state index contributed by atoms with van der Waals surface area (Å²) in [6, 6.07) is 1.71. The Bertz CT molecular complexity index is 270. The van der Waals surface area contributed by atoms with Gasteiger partial charge in [-0.2, -0.15) is 0 Å². The first-order valence-corrected chi connectivity index (χ1v) is 4.87. The highest BCUT2D eigenvalue weighted by Gasteiger charge is 2.19. The van der Waals surface area contributed by atoms with E-state index in [0.717, 1.165) is 31.9 Å². The van der Waals surface area contributed by atoms with Crippen molar-refractivity contribution in [3.63, 3.8) is 0 Å². The first-order valence-electron chi connectivity index (χ1n) is 4.87. The van der Waals surface area contributed by atoms with Crippen molar-refractivity contribution in [2.75, 3.05) is 25.1 Å². The van der Waals surface area contributed by atoms with Gasteiger partial charge in [-0.15, -0.1) is 0 Å². The molecule has 1 radical (unpaired) electrons. The number of anilines is 1. The predicted molar refractivity (Wildman–Crippen MR) is 53.1 cm³/mol. The van der Waals surface area contributed by atoms with E-state index in [1.165, 1.54) is 0 Å². The molecule has 1 aliphatic heterocycles. The van der Waals surface area contributed by atoms with Crippen molar-refractivity contribution in [1.82, 2.24) is 9.97 Å². The van der Waals surface area contributed by atoms with Crippen molar-refractivity contribution in [3.8, 4) is 0 Å². The first kappa shape index (κ1) is 9.40. The quantitative estimate of drug-likeness (QED) is 0.697. The zero-order valence-electron chi connectivity index (χ0n) is 8.31. The highest BCUT2D eigenvalue weighted by molar-refractivity contribution is 5.28. The van der Waals surface area contributed by atoms with Gasteiger partial charge in [-0.3, -0.25) is 0 Å². The van der Waals surface area contributed by atoms with Gasteiger partial charge in [0.1, 0.15) is 0 Å². The lowest BCUT2D eigenvalue weighted by molar-refractivity contribution is 0.0816. The van der Waals surface area contributed by atoms with Gasteiger partial charge in [0.25, 0.3) is 0 Å². The van der Waals surface area contributed by atoms with Crippen LogP contribution >= 0.6 is 0 Å². The van der Waals surface area contributed by atoms with Gasteiger partial charge in [0.05, 0.1) is 12.3 Å². The van der Waals surface area contributed by atoms with Gasteiger partial charge in [0, 0.05) is 26.4 Å². The normalized spacial score (nSPS) is 18.5. The molecular formula is C10H14N3O. The Balaban J connectivity index is 1.96. The lowest BCUT2D eigenvalue weighted by Gasteiger charge is -2.30. The minimum absolute atomic E-state index is 0.402. The molecule has 1 saturated heterocycles. The van der Waals surface area contributed by atoms with E-state index in [1.807, 2.05) is 0 Å². The standard InChI is InChI=1S/C10H14N3O/c1-14-9-3-7-13(8-4-9)10-11-5-2-6-12-10/h2,5,9H,3-4,7-8H2,1H3. The van der Waals surface area contributed by atoms with Crippen LogP contribution in [0.2, 0.25) is 0 Å². The highest BCUT2D eigenvalue weighted by atomic mass is 16.5. The molecular weight excluding hydrogens is 178 g/mol. The summed E-state index contributed by atoms with van der Waals surface area (Å²) in [5.41, 5.74) is 0. The van der Waals surface area contributed by atoms with Crippen LogP contribution in [0.5, 0.6) is 0 Å². The Morgan fingerprint density at radius 1 is 1.50 bits per heavy atom. The van der Waals surface area contributed by atoms with Crippen molar-refractivity contribution in [3.05, 3.63) is 18.5 Å². The molecule has 2 heterocycles. The molecule has 0 spiro atoms. The van der Waals surface area contributed by atoms with Crippen LogP contribution in [0.15, 0.2) is 12.3 Å². The Labute approximate surface area is 83.9 Å². The fourth-order valence-electron chi connectivity index (χ4n) is 1.70. The third-order valence-corrected chi connectivity index (χ3v) is 2.56. The summed E-state index contributed by atoms with van der Waals surface area (Å²) in [4.78, 5) is 10.5. The van der Waals surface area contributed by atoms with Gasteiger partial charge in [-0.25, -0.2) is 9.97 Å². The van der Waals surface area contributed by atoms with E-state index in [2.05, 4.69) is 21.1 Å². The van der Waals surface area contributed by atoms with Crippen molar-refractivity contribution in [2.45, 2.75) is 18.9 Å². The summed E-state index contributed by atoms with van der Waals surface area (Å²) >= 11 is 0. The second-order valence-corrected chi connectivity index (χ2v) is 3.41. The summed E-state index contributed by atoms with van der Waals surface area (Å²) < 4.78 is 5.30. The molecule has 0 N–H and O–H groups in total. The average Bonchev–Trinajstić information content (AvgIpc) is 2.30. The van der Waals surface area contributed by atoms with Gasteiger partial charge >= 0.3 is 0 Å². The minimum atomic E-state index is 0.402. The van der Waals surface area contributed by atoms with Gasteiger partial charge in [0.15, 0.2) is 0 Å². The molecule has 4 heteroatoms. The third kappa shape index (κ3) is 2.01. The van der Waals surface area contributed by atoms with Gasteiger partial charge in [-0.1, -0.05) is 0 Å². The van der Waals surface area contributed by atoms with Gasteiger partial charge < -0.3 is 9.64 Å². The van der Waals surface area contributed by atoms with E-state index in [0.29, 0.717) is 6.10 Å². The Morgan fingerprint density at radius 3 is 2.86 bits per heavy atom. The van der Waals surface area contributed by atoms with Crippen molar-refractivity contribution in [1.29, 1.82) is 0 Å². The fraction of sp³-hybridized carbons (Fsp3) is 0.600. The molecule has 0 aromatic carbocycles. The molecule has 4 nitrogen and oxygen atoms in total. The number of nitrogens with zero attached hydrogens (tertiary/aromatic N) is 3. The first-order chi connectivity index (χ1) is 6.90. The summed E-state index contributed by atoms with van der Waals surface area (Å²) in [5.74, 6) is 0.780. The van der Waals surface area contributed by atoms with E-state index in [4.69, 9.17) is 4.74 Å². The second-order valence-electron chi connectivity index (χ2n) is 3.41. The fourth-order valence-corrected chi connectivity index (χ4v) is 1.70. The zero-order chi connectivity index (χ0) is 9.80. The van der Waals surface area contributed by atoms with E-state index in [-0.39, 0.29) is 0 Å².